The molecule has 0 amide bonds. The van der Waals surface area contributed by atoms with Gasteiger partial charge in [-0.15, -0.1) is 0 Å². The number of rotatable bonds is 0. The van der Waals surface area contributed by atoms with Gasteiger partial charge in [0, 0.05) is 11.8 Å². The maximum atomic E-state index is 11.9. The van der Waals surface area contributed by atoms with E-state index in [2.05, 4.69) is 0 Å². The van der Waals surface area contributed by atoms with Gasteiger partial charge in [0.1, 0.15) is 0 Å². The van der Waals surface area contributed by atoms with Crippen molar-refractivity contribution in [3.63, 3.8) is 0 Å². The lowest BCUT2D eigenvalue weighted by molar-refractivity contribution is -0.169. The van der Waals surface area contributed by atoms with Gasteiger partial charge in [0.15, 0.2) is 5.79 Å². The van der Waals surface area contributed by atoms with Crippen LogP contribution in [-0.2, 0) is 23.8 Å². The topological polar surface area (TPSA) is 61.8 Å². The first-order chi connectivity index (χ1) is 8.71. The number of carbonyl (C=O) groups excluding carboxylic acids is 2. The van der Waals surface area contributed by atoms with Crippen LogP contribution in [-0.4, -0.2) is 30.9 Å². The van der Waals surface area contributed by atoms with E-state index in [4.69, 9.17) is 14.2 Å². The van der Waals surface area contributed by atoms with E-state index in [1.165, 1.54) is 0 Å². The third kappa shape index (κ3) is 1.13. The molecule has 0 radical (unpaired) electrons. The van der Waals surface area contributed by atoms with Crippen LogP contribution in [0.2, 0.25) is 0 Å². The quantitative estimate of drug-likeness (QED) is 0.353. The Morgan fingerprint density at radius 2 is 1.72 bits per heavy atom. The molecule has 5 aliphatic rings. The highest BCUT2D eigenvalue weighted by atomic mass is 16.7. The van der Waals surface area contributed by atoms with E-state index in [1.54, 1.807) is 0 Å². The molecule has 5 rings (SSSR count). The minimum Gasteiger partial charge on any atom is -0.393 e. The van der Waals surface area contributed by atoms with Gasteiger partial charge in [0.25, 0.3) is 0 Å². The van der Waals surface area contributed by atoms with Crippen LogP contribution in [0.15, 0.2) is 24.3 Å². The smallest absolute Gasteiger partial charge is 0.318 e. The Labute approximate surface area is 103 Å². The Balaban J connectivity index is 1.85. The van der Waals surface area contributed by atoms with E-state index in [1.807, 2.05) is 24.3 Å². The van der Waals surface area contributed by atoms with E-state index in [-0.39, 0.29) is 11.8 Å². The molecule has 2 bridgehead atoms. The molecular weight excluding hydrogens is 236 g/mol. The summed E-state index contributed by atoms with van der Waals surface area (Å²) in [7, 11) is 0. The molecule has 0 saturated carbocycles. The maximum absolute atomic E-state index is 11.9. The highest BCUT2D eigenvalue weighted by Crippen LogP contribution is 2.50. The van der Waals surface area contributed by atoms with Crippen molar-refractivity contribution in [1.29, 1.82) is 0 Å². The van der Waals surface area contributed by atoms with Crippen LogP contribution in [0.3, 0.4) is 0 Å². The highest BCUT2D eigenvalue weighted by molar-refractivity contribution is 5.97. The summed E-state index contributed by atoms with van der Waals surface area (Å²) >= 11 is 0. The summed E-state index contributed by atoms with van der Waals surface area (Å²) in [4.78, 5) is 23.7. The molecule has 0 aromatic rings. The average Bonchev–Trinajstić information content (AvgIpc) is 2.85. The van der Waals surface area contributed by atoms with E-state index >= 15 is 0 Å². The van der Waals surface area contributed by atoms with Crippen molar-refractivity contribution in [1.82, 2.24) is 0 Å². The first kappa shape index (κ1) is 10.5. The second-order valence-corrected chi connectivity index (χ2v) is 5.06. The van der Waals surface area contributed by atoms with Crippen LogP contribution in [0.4, 0.5) is 0 Å². The summed E-state index contributed by atoms with van der Waals surface area (Å²) in [6.07, 6.45) is 7.62. The third-order valence-corrected chi connectivity index (χ3v) is 4.23. The monoisotopic (exact) mass is 248 g/mol. The molecule has 0 aromatic carbocycles. The van der Waals surface area contributed by atoms with Crippen LogP contribution in [0.5, 0.6) is 0 Å². The van der Waals surface area contributed by atoms with Gasteiger partial charge in [-0.2, -0.15) is 0 Å². The SMILES string of the molecule is O=C1OC(=O)C2C1C1C=CC2C2(C=C1)OCCO2. The molecular formula is C13H12O5. The molecule has 3 aliphatic carbocycles. The zero-order valence-corrected chi connectivity index (χ0v) is 9.57. The van der Waals surface area contributed by atoms with Crippen LogP contribution < -0.4 is 0 Å². The zero-order valence-electron chi connectivity index (χ0n) is 9.57. The van der Waals surface area contributed by atoms with Crippen molar-refractivity contribution < 1.29 is 23.8 Å². The Bertz CT molecular complexity index is 486. The van der Waals surface area contributed by atoms with Crippen molar-refractivity contribution in [3.05, 3.63) is 24.3 Å². The van der Waals surface area contributed by atoms with Crippen LogP contribution in [0.25, 0.3) is 0 Å². The van der Waals surface area contributed by atoms with Gasteiger partial charge in [0.05, 0.1) is 25.0 Å². The number of ether oxygens (including phenoxy) is 3. The highest BCUT2D eigenvalue weighted by Gasteiger charge is 2.60. The van der Waals surface area contributed by atoms with Crippen molar-refractivity contribution in [2.45, 2.75) is 5.79 Å². The van der Waals surface area contributed by atoms with Crippen molar-refractivity contribution in [2.75, 3.05) is 13.2 Å². The molecule has 4 unspecified atom stereocenters. The number of esters is 2. The minimum atomic E-state index is -0.895. The Morgan fingerprint density at radius 1 is 1.00 bits per heavy atom. The zero-order chi connectivity index (χ0) is 12.3. The Hall–Kier alpha value is -1.46. The molecule has 2 aliphatic heterocycles. The molecule has 2 saturated heterocycles. The molecule has 0 aromatic heterocycles. The summed E-state index contributed by atoms with van der Waals surface area (Å²) in [5.41, 5.74) is 0. The third-order valence-electron chi connectivity index (χ3n) is 4.23. The fourth-order valence-corrected chi connectivity index (χ4v) is 3.44. The normalized spacial score (nSPS) is 43.3. The van der Waals surface area contributed by atoms with E-state index < -0.39 is 29.6 Å². The van der Waals surface area contributed by atoms with E-state index in [0.717, 1.165) is 0 Å². The lowest BCUT2D eigenvalue weighted by Crippen LogP contribution is -2.44. The summed E-state index contributed by atoms with van der Waals surface area (Å²) in [6, 6.07) is 0. The van der Waals surface area contributed by atoms with Crippen LogP contribution in [0.1, 0.15) is 0 Å². The van der Waals surface area contributed by atoms with Crippen LogP contribution >= 0.6 is 0 Å². The van der Waals surface area contributed by atoms with Crippen molar-refractivity contribution >= 4 is 11.9 Å². The second-order valence-electron chi connectivity index (χ2n) is 5.06. The lowest BCUT2D eigenvalue weighted by atomic mass is 9.71. The molecule has 4 atom stereocenters. The molecule has 94 valence electrons. The summed E-state index contributed by atoms with van der Waals surface area (Å²) in [6.45, 7) is 0.999. The van der Waals surface area contributed by atoms with Crippen molar-refractivity contribution in [3.8, 4) is 0 Å². The first-order valence-corrected chi connectivity index (χ1v) is 6.12. The molecule has 5 heteroatoms. The summed E-state index contributed by atoms with van der Waals surface area (Å²) in [5, 5.41) is 0. The Kier molecular flexibility index (Phi) is 1.92. The summed E-state index contributed by atoms with van der Waals surface area (Å²) < 4.78 is 16.2. The number of allylic oxidation sites excluding steroid dienone is 2. The molecule has 0 N–H and O–H groups in total. The Morgan fingerprint density at radius 3 is 2.50 bits per heavy atom. The van der Waals surface area contributed by atoms with Gasteiger partial charge in [-0.25, -0.2) is 0 Å². The van der Waals surface area contributed by atoms with Gasteiger partial charge in [-0.3, -0.25) is 9.59 Å². The van der Waals surface area contributed by atoms with E-state index in [0.29, 0.717) is 13.2 Å². The first-order valence-electron chi connectivity index (χ1n) is 6.12. The average molecular weight is 248 g/mol. The minimum absolute atomic E-state index is 0.0997. The largest absolute Gasteiger partial charge is 0.393 e. The van der Waals surface area contributed by atoms with Gasteiger partial charge >= 0.3 is 11.9 Å². The maximum Gasteiger partial charge on any atom is 0.318 e. The predicted molar refractivity (Wildman–Crippen MR) is 58.0 cm³/mol. The standard InChI is InChI=1S/C13H12O5/c14-11-9-7-1-2-8(10(9)12(15)18-11)13(4-3-7)16-5-6-17-13/h1-4,7-10H,5-6H2. The molecule has 2 fully saturated rings. The fraction of sp³-hybridized carbons (Fsp3) is 0.538. The number of cyclic esters (lactones) is 2. The number of hydrogen-bond donors (Lipinski definition) is 0. The second kappa shape index (κ2) is 3.30. The van der Waals surface area contributed by atoms with Gasteiger partial charge in [0.2, 0.25) is 0 Å². The fourth-order valence-electron chi connectivity index (χ4n) is 3.44. The van der Waals surface area contributed by atoms with Crippen molar-refractivity contribution in [2.24, 2.45) is 23.7 Å². The molecule has 5 nitrogen and oxygen atoms in total. The van der Waals surface area contributed by atoms with Gasteiger partial charge in [-0.1, -0.05) is 18.2 Å². The molecule has 1 spiro atoms. The molecule has 2 heterocycles. The molecule has 18 heavy (non-hydrogen) atoms. The number of hydrogen-bond acceptors (Lipinski definition) is 5. The van der Waals surface area contributed by atoms with Crippen LogP contribution in [0, 0.1) is 23.7 Å². The summed E-state index contributed by atoms with van der Waals surface area (Å²) in [5.74, 6) is -3.06. The van der Waals surface area contributed by atoms with Gasteiger partial charge < -0.3 is 14.2 Å². The van der Waals surface area contributed by atoms with Gasteiger partial charge in [-0.05, 0) is 6.08 Å². The number of carbonyl (C=O) groups is 2. The van der Waals surface area contributed by atoms with E-state index in [9.17, 15) is 9.59 Å². The lowest BCUT2D eigenvalue weighted by Gasteiger charge is -2.35. The predicted octanol–water partition coefficient (Wildman–Crippen LogP) is 0.417.